The highest BCUT2D eigenvalue weighted by molar-refractivity contribution is 5.90. The van der Waals surface area contributed by atoms with Crippen molar-refractivity contribution in [3.63, 3.8) is 0 Å². The Morgan fingerprint density at radius 3 is 2.86 bits per heavy atom. The van der Waals surface area contributed by atoms with Gasteiger partial charge in [0.05, 0.1) is 12.8 Å². The zero-order valence-electron chi connectivity index (χ0n) is 12.9. The van der Waals surface area contributed by atoms with Crippen LogP contribution in [0.2, 0.25) is 0 Å². The molecule has 0 spiro atoms. The Hall–Kier alpha value is -2.27. The normalized spacial score (nSPS) is 12.1. The molecule has 0 saturated carbocycles. The highest BCUT2D eigenvalue weighted by atomic mass is 16.3. The first-order valence-corrected chi connectivity index (χ1v) is 7.48. The minimum Gasteiger partial charge on any atom is -0.508 e. The lowest BCUT2D eigenvalue weighted by Crippen LogP contribution is -2.18. The van der Waals surface area contributed by atoms with Crippen molar-refractivity contribution in [2.75, 3.05) is 5.32 Å². The van der Waals surface area contributed by atoms with Gasteiger partial charge in [-0.05, 0) is 43.7 Å². The first-order chi connectivity index (χ1) is 10.6. The van der Waals surface area contributed by atoms with Crippen molar-refractivity contribution in [3.05, 3.63) is 47.9 Å². The maximum Gasteiger partial charge on any atom is 0.224 e. The smallest absolute Gasteiger partial charge is 0.224 e. The average molecular weight is 302 g/mol. The molecule has 118 valence electrons. The Morgan fingerprint density at radius 2 is 2.18 bits per heavy atom. The number of phenols is 1. The molecule has 0 aliphatic rings. The van der Waals surface area contributed by atoms with Crippen LogP contribution in [0.3, 0.4) is 0 Å². The number of hydrogen-bond acceptors (Lipinski definition) is 4. The van der Waals surface area contributed by atoms with Gasteiger partial charge in [-0.15, -0.1) is 0 Å². The third-order valence-corrected chi connectivity index (χ3v) is 3.42. The lowest BCUT2D eigenvalue weighted by molar-refractivity contribution is -0.116. The molecule has 1 aromatic heterocycles. The number of amides is 1. The first-order valence-electron chi connectivity index (χ1n) is 7.48. The van der Waals surface area contributed by atoms with E-state index in [1.807, 2.05) is 26.0 Å². The zero-order chi connectivity index (χ0) is 15.9. The summed E-state index contributed by atoms with van der Waals surface area (Å²) in [6, 6.07) is 8.74. The molecule has 1 amide bonds. The van der Waals surface area contributed by atoms with Gasteiger partial charge in [0.1, 0.15) is 11.5 Å². The molecule has 1 unspecified atom stereocenters. The summed E-state index contributed by atoms with van der Waals surface area (Å²) in [5, 5.41) is 16.1. The third-order valence-electron chi connectivity index (χ3n) is 3.42. The van der Waals surface area contributed by atoms with Crippen molar-refractivity contribution in [2.24, 2.45) is 0 Å². The molecular formula is C17H22N2O3. The molecule has 5 heteroatoms. The summed E-state index contributed by atoms with van der Waals surface area (Å²) in [6.07, 6.45) is 2.92. The monoisotopic (exact) mass is 302 g/mol. The number of aromatic hydroxyl groups is 1. The Balaban J connectivity index is 2.03. The Kier molecular flexibility index (Phi) is 5.61. The third kappa shape index (κ3) is 4.36. The SMILES string of the molecule is CCCC(=O)Nc1ccc(O)c(C(C)NCc2ccco2)c1. The van der Waals surface area contributed by atoms with Gasteiger partial charge in [-0.3, -0.25) is 4.79 Å². The van der Waals surface area contributed by atoms with Crippen LogP contribution in [0.5, 0.6) is 5.75 Å². The van der Waals surface area contributed by atoms with Crippen LogP contribution < -0.4 is 10.6 Å². The molecule has 2 aromatic rings. The highest BCUT2D eigenvalue weighted by Gasteiger charge is 2.12. The summed E-state index contributed by atoms with van der Waals surface area (Å²) in [6.45, 7) is 4.48. The van der Waals surface area contributed by atoms with Crippen LogP contribution in [0.1, 0.15) is 44.1 Å². The van der Waals surface area contributed by atoms with Crippen LogP contribution in [-0.2, 0) is 11.3 Å². The molecule has 22 heavy (non-hydrogen) atoms. The number of furan rings is 1. The van der Waals surface area contributed by atoms with Crippen molar-refractivity contribution >= 4 is 11.6 Å². The van der Waals surface area contributed by atoms with Crippen LogP contribution in [-0.4, -0.2) is 11.0 Å². The van der Waals surface area contributed by atoms with Crippen molar-refractivity contribution in [1.29, 1.82) is 0 Å². The van der Waals surface area contributed by atoms with E-state index in [1.54, 1.807) is 24.5 Å². The fraction of sp³-hybridized carbons (Fsp3) is 0.353. The predicted octanol–water partition coefficient (Wildman–Crippen LogP) is 3.57. The van der Waals surface area contributed by atoms with Gasteiger partial charge in [0.25, 0.3) is 0 Å². The molecule has 1 aromatic carbocycles. The molecular weight excluding hydrogens is 280 g/mol. The van der Waals surface area contributed by atoms with E-state index in [-0.39, 0.29) is 17.7 Å². The van der Waals surface area contributed by atoms with E-state index in [2.05, 4.69) is 10.6 Å². The van der Waals surface area contributed by atoms with Crippen molar-refractivity contribution < 1.29 is 14.3 Å². The van der Waals surface area contributed by atoms with Gasteiger partial charge in [0.2, 0.25) is 5.91 Å². The van der Waals surface area contributed by atoms with E-state index in [0.717, 1.165) is 17.7 Å². The number of phenolic OH excluding ortho intramolecular Hbond substituents is 1. The maximum atomic E-state index is 11.7. The Morgan fingerprint density at radius 1 is 1.36 bits per heavy atom. The molecule has 2 rings (SSSR count). The van der Waals surface area contributed by atoms with Gasteiger partial charge in [0.15, 0.2) is 0 Å². The minimum atomic E-state index is -0.0758. The van der Waals surface area contributed by atoms with E-state index in [0.29, 0.717) is 18.7 Å². The predicted molar refractivity (Wildman–Crippen MR) is 85.6 cm³/mol. The molecule has 0 radical (unpaired) electrons. The van der Waals surface area contributed by atoms with E-state index >= 15 is 0 Å². The Labute approximate surface area is 130 Å². The molecule has 0 aliphatic carbocycles. The number of hydrogen-bond donors (Lipinski definition) is 3. The Bertz CT molecular complexity index is 608. The van der Waals surface area contributed by atoms with Crippen LogP contribution >= 0.6 is 0 Å². The molecule has 3 N–H and O–H groups in total. The fourth-order valence-electron chi connectivity index (χ4n) is 2.21. The van der Waals surface area contributed by atoms with Gasteiger partial charge < -0.3 is 20.2 Å². The summed E-state index contributed by atoms with van der Waals surface area (Å²) in [7, 11) is 0. The standard InChI is InChI=1S/C17H22N2O3/c1-3-5-17(21)19-13-7-8-16(20)15(10-13)12(2)18-11-14-6-4-9-22-14/h4,6-10,12,18,20H,3,5,11H2,1-2H3,(H,19,21). The number of carbonyl (C=O) groups is 1. The molecule has 1 atom stereocenters. The minimum absolute atomic E-state index is 0.0182. The molecule has 1 heterocycles. The molecule has 0 bridgehead atoms. The quantitative estimate of drug-likeness (QED) is 0.683. The fourth-order valence-corrected chi connectivity index (χ4v) is 2.21. The number of carbonyl (C=O) groups excluding carboxylic acids is 1. The summed E-state index contributed by atoms with van der Waals surface area (Å²) in [5.41, 5.74) is 1.43. The summed E-state index contributed by atoms with van der Waals surface area (Å²) in [5.74, 6) is 1.02. The number of nitrogens with one attached hydrogen (secondary N) is 2. The second-order valence-corrected chi connectivity index (χ2v) is 5.25. The van der Waals surface area contributed by atoms with Crippen LogP contribution in [0, 0.1) is 0 Å². The van der Waals surface area contributed by atoms with Gasteiger partial charge in [0, 0.05) is 23.7 Å². The largest absolute Gasteiger partial charge is 0.508 e. The average Bonchev–Trinajstić information content (AvgIpc) is 3.00. The van der Waals surface area contributed by atoms with Crippen molar-refractivity contribution in [1.82, 2.24) is 5.32 Å². The summed E-state index contributed by atoms with van der Waals surface area (Å²) in [4.78, 5) is 11.7. The number of rotatable bonds is 7. The number of benzene rings is 1. The maximum absolute atomic E-state index is 11.7. The zero-order valence-corrected chi connectivity index (χ0v) is 12.9. The highest BCUT2D eigenvalue weighted by Crippen LogP contribution is 2.27. The second kappa shape index (κ2) is 7.66. The van der Waals surface area contributed by atoms with Gasteiger partial charge in [-0.1, -0.05) is 6.92 Å². The van der Waals surface area contributed by atoms with E-state index < -0.39 is 0 Å². The number of anilines is 1. The molecule has 0 aliphatic heterocycles. The molecule has 0 fully saturated rings. The second-order valence-electron chi connectivity index (χ2n) is 5.25. The van der Waals surface area contributed by atoms with Crippen molar-refractivity contribution in [3.8, 4) is 5.75 Å². The van der Waals surface area contributed by atoms with Gasteiger partial charge in [-0.2, -0.15) is 0 Å². The lowest BCUT2D eigenvalue weighted by Gasteiger charge is -2.16. The van der Waals surface area contributed by atoms with E-state index in [4.69, 9.17) is 4.42 Å². The van der Waals surface area contributed by atoms with Gasteiger partial charge >= 0.3 is 0 Å². The van der Waals surface area contributed by atoms with Crippen LogP contribution in [0.4, 0.5) is 5.69 Å². The van der Waals surface area contributed by atoms with E-state index in [9.17, 15) is 9.90 Å². The summed E-state index contributed by atoms with van der Waals surface area (Å²) < 4.78 is 5.27. The van der Waals surface area contributed by atoms with Crippen LogP contribution in [0.25, 0.3) is 0 Å². The molecule has 5 nitrogen and oxygen atoms in total. The topological polar surface area (TPSA) is 74.5 Å². The molecule has 0 saturated heterocycles. The lowest BCUT2D eigenvalue weighted by atomic mass is 10.1. The van der Waals surface area contributed by atoms with Crippen molar-refractivity contribution in [2.45, 2.75) is 39.3 Å². The van der Waals surface area contributed by atoms with Gasteiger partial charge in [-0.25, -0.2) is 0 Å². The van der Waals surface area contributed by atoms with E-state index in [1.165, 1.54) is 0 Å². The summed E-state index contributed by atoms with van der Waals surface area (Å²) >= 11 is 0. The van der Waals surface area contributed by atoms with Crippen LogP contribution in [0.15, 0.2) is 41.0 Å². The first kappa shape index (κ1) is 16.1.